The van der Waals surface area contributed by atoms with Crippen LogP contribution in [0.15, 0.2) is 6.07 Å². The van der Waals surface area contributed by atoms with Gasteiger partial charge in [-0.05, 0) is 34.0 Å². The quantitative estimate of drug-likeness (QED) is 0.738. The first kappa shape index (κ1) is 13.8. The van der Waals surface area contributed by atoms with Crippen LogP contribution in [0.1, 0.15) is 23.5 Å². The Bertz CT molecular complexity index is 412. The highest BCUT2D eigenvalue weighted by Crippen LogP contribution is 2.29. The first-order valence-corrected chi connectivity index (χ1v) is 6.16. The van der Waals surface area contributed by atoms with Gasteiger partial charge in [-0.15, -0.1) is 11.3 Å². The Morgan fingerprint density at radius 1 is 1.53 bits per heavy atom. The summed E-state index contributed by atoms with van der Waals surface area (Å²) in [6.45, 7) is 5.02. The van der Waals surface area contributed by atoms with Crippen LogP contribution in [0.4, 0.5) is 10.7 Å². The van der Waals surface area contributed by atoms with Gasteiger partial charge in [-0.25, -0.2) is 0 Å². The highest BCUT2D eigenvalue weighted by molar-refractivity contribution is 7.18. The number of nitrogen functional groups attached to an aromatic ring is 1. The number of amides is 1. The number of likely N-dealkylation sites (N-methyl/N-ethyl adjacent to an activating group) is 1. The number of anilines is 2. The predicted molar refractivity (Wildman–Crippen MR) is 73.5 cm³/mol. The zero-order chi connectivity index (χ0) is 13.2. The van der Waals surface area contributed by atoms with Crippen LogP contribution in [-0.4, -0.2) is 37.0 Å². The number of hydrogen-bond donors (Lipinski definition) is 3. The Kier molecular flexibility index (Phi) is 4.00. The molecule has 1 aromatic rings. The largest absolute Gasteiger partial charge is 0.397 e. The normalized spacial score (nSPS) is 11.8. The molecule has 96 valence electrons. The van der Waals surface area contributed by atoms with E-state index in [1.54, 1.807) is 6.07 Å². The lowest BCUT2D eigenvalue weighted by Gasteiger charge is -2.32. The Balaban J connectivity index is 2.71. The van der Waals surface area contributed by atoms with Gasteiger partial charge in [0, 0.05) is 12.1 Å². The number of nitrogens with two attached hydrogens (primary N) is 2. The Morgan fingerprint density at radius 3 is 2.53 bits per heavy atom. The molecule has 1 amide bonds. The van der Waals surface area contributed by atoms with Gasteiger partial charge in [0.1, 0.15) is 4.88 Å². The molecule has 0 aliphatic heterocycles. The van der Waals surface area contributed by atoms with Crippen molar-refractivity contribution in [3.63, 3.8) is 0 Å². The highest BCUT2D eigenvalue weighted by Gasteiger charge is 2.20. The van der Waals surface area contributed by atoms with Gasteiger partial charge in [0.05, 0.1) is 10.7 Å². The SMILES string of the molecule is CN(C)C(C)(C)CNc1cc(N)c(C(N)=O)s1. The van der Waals surface area contributed by atoms with E-state index in [-0.39, 0.29) is 5.54 Å². The standard InChI is InChI=1S/C11H20N4OS/c1-11(2,15(3)4)6-14-8-5-7(12)9(17-8)10(13)16/h5,14H,6,12H2,1-4H3,(H2,13,16). The fourth-order valence-corrected chi connectivity index (χ4v) is 1.97. The summed E-state index contributed by atoms with van der Waals surface area (Å²) in [6.07, 6.45) is 0. The first-order chi connectivity index (χ1) is 7.74. The molecule has 0 aliphatic carbocycles. The number of rotatable bonds is 5. The number of primary amides is 1. The van der Waals surface area contributed by atoms with Gasteiger partial charge in [0.25, 0.3) is 5.91 Å². The van der Waals surface area contributed by atoms with Crippen LogP contribution < -0.4 is 16.8 Å². The van der Waals surface area contributed by atoms with Crippen molar-refractivity contribution in [1.82, 2.24) is 4.90 Å². The number of nitrogens with one attached hydrogen (secondary N) is 1. The summed E-state index contributed by atoms with van der Waals surface area (Å²) in [5.74, 6) is -0.479. The van der Waals surface area contributed by atoms with Crippen LogP contribution in [0.5, 0.6) is 0 Å². The lowest BCUT2D eigenvalue weighted by atomic mass is 10.0. The fraction of sp³-hybridized carbons (Fsp3) is 0.545. The van der Waals surface area contributed by atoms with E-state index >= 15 is 0 Å². The third kappa shape index (κ3) is 3.34. The second-order valence-corrected chi connectivity index (χ2v) is 5.87. The number of carbonyl (C=O) groups is 1. The third-order valence-electron chi connectivity index (χ3n) is 2.89. The Hall–Kier alpha value is -1.27. The van der Waals surface area contributed by atoms with Crippen LogP contribution in [0.25, 0.3) is 0 Å². The third-order valence-corrected chi connectivity index (χ3v) is 4.01. The molecule has 0 aromatic carbocycles. The molecule has 0 bridgehead atoms. The average Bonchev–Trinajstić information content (AvgIpc) is 2.57. The molecule has 0 spiro atoms. The number of nitrogens with zero attached hydrogens (tertiary/aromatic N) is 1. The lowest BCUT2D eigenvalue weighted by Crippen LogP contribution is -2.44. The molecule has 6 heteroatoms. The lowest BCUT2D eigenvalue weighted by molar-refractivity contribution is 0.100. The predicted octanol–water partition coefficient (Wildman–Crippen LogP) is 1.18. The zero-order valence-electron chi connectivity index (χ0n) is 10.7. The number of hydrogen-bond acceptors (Lipinski definition) is 5. The van der Waals surface area contributed by atoms with E-state index < -0.39 is 5.91 Å². The fourth-order valence-electron chi connectivity index (χ4n) is 1.15. The minimum Gasteiger partial charge on any atom is -0.397 e. The molecular formula is C11H20N4OS. The van der Waals surface area contributed by atoms with Gasteiger partial charge in [-0.3, -0.25) is 4.79 Å². The minimum absolute atomic E-state index is 0.0195. The minimum atomic E-state index is -0.479. The Morgan fingerprint density at radius 2 is 2.12 bits per heavy atom. The van der Waals surface area contributed by atoms with Crippen molar-refractivity contribution in [3.8, 4) is 0 Å². The van der Waals surface area contributed by atoms with E-state index in [0.29, 0.717) is 10.6 Å². The van der Waals surface area contributed by atoms with E-state index in [9.17, 15) is 4.79 Å². The van der Waals surface area contributed by atoms with Crippen LogP contribution in [0.3, 0.4) is 0 Å². The maximum atomic E-state index is 11.1. The monoisotopic (exact) mass is 256 g/mol. The smallest absolute Gasteiger partial charge is 0.260 e. The van der Waals surface area contributed by atoms with Crippen molar-refractivity contribution in [2.45, 2.75) is 19.4 Å². The molecule has 0 saturated carbocycles. The summed E-state index contributed by atoms with van der Waals surface area (Å²) in [7, 11) is 4.05. The van der Waals surface area contributed by atoms with Gasteiger partial charge in [0.15, 0.2) is 0 Å². The van der Waals surface area contributed by atoms with E-state index in [1.165, 1.54) is 11.3 Å². The van der Waals surface area contributed by atoms with E-state index in [2.05, 4.69) is 24.1 Å². The summed E-state index contributed by atoms with van der Waals surface area (Å²) in [6, 6.07) is 1.75. The average molecular weight is 256 g/mol. The maximum absolute atomic E-state index is 11.1. The van der Waals surface area contributed by atoms with Crippen molar-refractivity contribution >= 4 is 27.9 Å². The molecule has 1 rings (SSSR count). The van der Waals surface area contributed by atoms with Crippen molar-refractivity contribution in [2.24, 2.45) is 5.73 Å². The van der Waals surface area contributed by atoms with Gasteiger partial charge in [-0.2, -0.15) is 0 Å². The molecule has 0 aliphatic rings. The highest BCUT2D eigenvalue weighted by atomic mass is 32.1. The summed E-state index contributed by atoms with van der Waals surface area (Å²) in [5.41, 5.74) is 11.4. The first-order valence-electron chi connectivity index (χ1n) is 5.34. The molecule has 0 atom stereocenters. The van der Waals surface area contributed by atoms with Gasteiger partial charge < -0.3 is 21.7 Å². The number of carbonyl (C=O) groups excluding carboxylic acids is 1. The van der Waals surface area contributed by atoms with Crippen molar-refractivity contribution in [3.05, 3.63) is 10.9 Å². The van der Waals surface area contributed by atoms with E-state index in [4.69, 9.17) is 11.5 Å². The maximum Gasteiger partial charge on any atom is 0.260 e. The molecule has 5 N–H and O–H groups in total. The van der Waals surface area contributed by atoms with Gasteiger partial charge in [-0.1, -0.05) is 0 Å². The van der Waals surface area contributed by atoms with Crippen LogP contribution in [0, 0.1) is 0 Å². The van der Waals surface area contributed by atoms with E-state index in [0.717, 1.165) is 11.5 Å². The zero-order valence-corrected chi connectivity index (χ0v) is 11.5. The second kappa shape index (κ2) is 4.93. The molecular weight excluding hydrogens is 236 g/mol. The van der Waals surface area contributed by atoms with Crippen LogP contribution in [-0.2, 0) is 0 Å². The summed E-state index contributed by atoms with van der Waals surface area (Å²) in [5, 5.41) is 4.14. The molecule has 0 fully saturated rings. The van der Waals surface area contributed by atoms with Gasteiger partial charge >= 0.3 is 0 Å². The molecule has 1 heterocycles. The van der Waals surface area contributed by atoms with Crippen molar-refractivity contribution in [2.75, 3.05) is 31.7 Å². The summed E-state index contributed by atoms with van der Waals surface area (Å²) < 4.78 is 0. The summed E-state index contributed by atoms with van der Waals surface area (Å²) in [4.78, 5) is 13.6. The molecule has 5 nitrogen and oxygen atoms in total. The topological polar surface area (TPSA) is 84.4 Å². The van der Waals surface area contributed by atoms with Gasteiger partial charge in [0.2, 0.25) is 0 Å². The van der Waals surface area contributed by atoms with Crippen LogP contribution >= 0.6 is 11.3 Å². The molecule has 0 unspecified atom stereocenters. The second-order valence-electron chi connectivity index (χ2n) is 4.82. The number of thiophene rings is 1. The van der Waals surface area contributed by atoms with Crippen molar-refractivity contribution < 1.29 is 4.79 Å². The van der Waals surface area contributed by atoms with Crippen LogP contribution in [0.2, 0.25) is 0 Å². The van der Waals surface area contributed by atoms with E-state index in [1.807, 2.05) is 14.1 Å². The molecule has 1 aromatic heterocycles. The van der Waals surface area contributed by atoms with Crippen molar-refractivity contribution in [1.29, 1.82) is 0 Å². The molecule has 0 saturated heterocycles. The Labute approximate surface area is 106 Å². The summed E-state index contributed by atoms with van der Waals surface area (Å²) >= 11 is 1.29. The molecule has 0 radical (unpaired) electrons. The molecule has 17 heavy (non-hydrogen) atoms.